The molecule has 0 spiro atoms. The molecule has 2 heterocycles. The van der Waals surface area contributed by atoms with Crippen LogP contribution in [0.5, 0.6) is 0 Å². The largest absolute Gasteiger partial charge is 0.352 e. The van der Waals surface area contributed by atoms with Crippen molar-refractivity contribution in [2.75, 3.05) is 31.1 Å². The Morgan fingerprint density at radius 2 is 1.76 bits per heavy atom. The molecule has 0 N–H and O–H groups in total. The molecular formula is C20H26N4O. The van der Waals surface area contributed by atoms with E-state index in [0.717, 1.165) is 38.4 Å². The fraction of sp³-hybridized carbons (Fsp3) is 0.450. The fourth-order valence-corrected chi connectivity index (χ4v) is 3.33. The molecule has 5 heteroatoms. The van der Waals surface area contributed by atoms with E-state index in [4.69, 9.17) is 0 Å². The Labute approximate surface area is 149 Å². The number of aromatic nitrogens is 2. The van der Waals surface area contributed by atoms with Gasteiger partial charge in [0.25, 0.3) is 0 Å². The van der Waals surface area contributed by atoms with E-state index in [1.807, 2.05) is 35.2 Å². The van der Waals surface area contributed by atoms with Crippen LogP contribution in [0.25, 0.3) is 0 Å². The van der Waals surface area contributed by atoms with E-state index in [1.54, 1.807) is 6.20 Å². The molecule has 0 bridgehead atoms. The first-order valence-corrected chi connectivity index (χ1v) is 9.00. The minimum absolute atomic E-state index is 0.0328. The van der Waals surface area contributed by atoms with Gasteiger partial charge in [-0.05, 0) is 30.0 Å². The molecule has 1 fully saturated rings. The van der Waals surface area contributed by atoms with Gasteiger partial charge in [0, 0.05) is 38.3 Å². The molecule has 3 rings (SSSR count). The minimum atomic E-state index is 0.0328. The lowest BCUT2D eigenvalue weighted by molar-refractivity contribution is -0.137. The highest BCUT2D eigenvalue weighted by molar-refractivity contribution is 5.79. The van der Waals surface area contributed by atoms with Gasteiger partial charge in [-0.2, -0.15) is 5.10 Å². The van der Waals surface area contributed by atoms with E-state index in [-0.39, 0.29) is 11.8 Å². The maximum atomic E-state index is 13.1. The molecule has 1 amide bonds. The van der Waals surface area contributed by atoms with Gasteiger partial charge in [-0.3, -0.25) is 4.79 Å². The number of carbonyl (C=O) groups excluding carboxylic acids is 1. The topological polar surface area (TPSA) is 49.3 Å². The molecule has 0 radical (unpaired) electrons. The van der Waals surface area contributed by atoms with Crippen molar-refractivity contribution < 1.29 is 4.79 Å². The normalized spacial score (nSPS) is 16.1. The number of rotatable bonds is 5. The number of nitrogens with zero attached hydrogens (tertiary/aromatic N) is 4. The molecule has 0 saturated carbocycles. The summed E-state index contributed by atoms with van der Waals surface area (Å²) in [4.78, 5) is 17.3. The Hall–Kier alpha value is -2.43. The lowest BCUT2D eigenvalue weighted by atomic mass is 9.88. The molecule has 1 aliphatic rings. The van der Waals surface area contributed by atoms with E-state index < -0.39 is 0 Å². The zero-order valence-electron chi connectivity index (χ0n) is 15.0. The van der Waals surface area contributed by atoms with Crippen molar-refractivity contribution in [3.63, 3.8) is 0 Å². The second kappa shape index (κ2) is 8.10. The van der Waals surface area contributed by atoms with Gasteiger partial charge < -0.3 is 9.80 Å². The van der Waals surface area contributed by atoms with E-state index in [2.05, 4.69) is 41.1 Å². The molecule has 25 heavy (non-hydrogen) atoms. The molecule has 1 aliphatic heterocycles. The third kappa shape index (κ3) is 4.35. The summed E-state index contributed by atoms with van der Waals surface area (Å²) >= 11 is 0. The lowest BCUT2D eigenvalue weighted by Crippen LogP contribution is -2.51. The predicted molar refractivity (Wildman–Crippen MR) is 99.3 cm³/mol. The second-order valence-corrected chi connectivity index (χ2v) is 6.93. The van der Waals surface area contributed by atoms with E-state index in [9.17, 15) is 4.79 Å². The van der Waals surface area contributed by atoms with Crippen molar-refractivity contribution in [1.29, 1.82) is 0 Å². The monoisotopic (exact) mass is 338 g/mol. The minimum Gasteiger partial charge on any atom is -0.352 e. The van der Waals surface area contributed by atoms with Crippen molar-refractivity contribution >= 4 is 11.7 Å². The highest BCUT2D eigenvalue weighted by Crippen LogP contribution is 2.21. The SMILES string of the molecule is CC(C)C(Cc1ccccc1)C(=O)N1CCN(c2cccnn2)CC1. The van der Waals surface area contributed by atoms with Crippen molar-refractivity contribution in [3.8, 4) is 0 Å². The molecular weight excluding hydrogens is 312 g/mol. The summed E-state index contributed by atoms with van der Waals surface area (Å²) in [6.07, 6.45) is 2.49. The van der Waals surface area contributed by atoms with E-state index >= 15 is 0 Å². The number of amides is 1. The van der Waals surface area contributed by atoms with Gasteiger partial charge in [0.05, 0.1) is 0 Å². The Balaban J connectivity index is 1.62. The van der Waals surface area contributed by atoms with E-state index in [1.165, 1.54) is 5.56 Å². The first-order chi connectivity index (χ1) is 12.1. The summed E-state index contributed by atoms with van der Waals surface area (Å²) in [6.45, 7) is 7.38. The molecule has 1 aromatic carbocycles. The van der Waals surface area contributed by atoms with Crippen LogP contribution in [0.15, 0.2) is 48.7 Å². The number of anilines is 1. The summed E-state index contributed by atoms with van der Waals surface area (Å²) in [6, 6.07) is 14.2. The van der Waals surface area contributed by atoms with Crippen LogP contribution in [0.1, 0.15) is 19.4 Å². The van der Waals surface area contributed by atoms with Crippen LogP contribution in [0, 0.1) is 11.8 Å². The van der Waals surface area contributed by atoms with Crippen molar-refractivity contribution in [2.24, 2.45) is 11.8 Å². The average Bonchev–Trinajstić information content (AvgIpc) is 2.67. The first-order valence-electron chi connectivity index (χ1n) is 9.00. The number of piperazine rings is 1. The number of benzene rings is 1. The molecule has 1 saturated heterocycles. The van der Waals surface area contributed by atoms with Gasteiger partial charge in [-0.1, -0.05) is 44.2 Å². The quantitative estimate of drug-likeness (QED) is 0.841. The Bertz CT molecular complexity index is 667. The van der Waals surface area contributed by atoms with Gasteiger partial charge in [0.2, 0.25) is 5.91 Å². The molecule has 5 nitrogen and oxygen atoms in total. The Morgan fingerprint density at radius 3 is 2.36 bits per heavy atom. The van der Waals surface area contributed by atoms with Gasteiger partial charge in [-0.25, -0.2) is 0 Å². The first kappa shape index (κ1) is 17.4. The summed E-state index contributed by atoms with van der Waals surface area (Å²) in [5.74, 6) is 1.52. The van der Waals surface area contributed by atoms with Crippen molar-refractivity contribution in [2.45, 2.75) is 20.3 Å². The van der Waals surface area contributed by atoms with Crippen molar-refractivity contribution in [1.82, 2.24) is 15.1 Å². The standard InChI is InChI=1S/C20H26N4O/c1-16(2)18(15-17-7-4-3-5-8-17)20(25)24-13-11-23(12-14-24)19-9-6-10-21-22-19/h3-10,16,18H,11-15H2,1-2H3. The predicted octanol–water partition coefficient (Wildman–Crippen LogP) is 2.64. The van der Waals surface area contributed by atoms with Crippen LogP contribution in [0.3, 0.4) is 0 Å². The molecule has 1 atom stereocenters. The number of hydrogen-bond donors (Lipinski definition) is 0. The number of hydrogen-bond acceptors (Lipinski definition) is 4. The van der Waals surface area contributed by atoms with Crippen LogP contribution in [0.4, 0.5) is 5.82 Å². The fourth-order valence-electron chi connectivity index (χ4n) is 3.33. The van der Waals surface area contributed by atoms with Crippen molar-refractivity contribution in [3.05, 3.63) is 54.2 Å². The molecule has 0 aliphatic carbocycles. The zero-order valence-corrected chi connectivity index (χ0v) is 15.0. The van der Waals surface area contributed by atoms with Gasteiger partial charge in [0.1, 0.15) is 0 Å². The molecule has 2 aromatic rings. The summed E-state index contributed by atoms with van der Waals surface area (Å²) in [5.41, 5.74) is 1.23. The number of carbonyl (C=O) groups is 1. The summed E-state index contributed by atoms with van der Waals surface area (Å²) in [7, 11) is 0. The average molecular weight is 338 g/mol. The Kier molecular flexibility index (Phi) is 5.64. The van der Waals surface area contributed by atoms with E-state index in [0.29, 0.717) is 5.92 Å². The third-order valence-corrected chi connectivity index (χ3v) is 4.89. The summed E-state index contributed by atoms with van der Waals surface area (Å²) in [5, 5.41) is 8.10. The van der Waals surface area contributed by atoms with Gasteiger partial charge in [-0.15, -0.1) is 5.10 Å². The van der Waals surface area contributed by atoms with Gasteiger partial charge >= 0.3 is 0 Å². The third-order valence-electron chi connectivity index (χ3n) is 4.89. The summed E-state index contributed by atoms with van der Waals surface area (Å²) < 4.78 is 0. The molecule has 1 unspecified atom stereocenters. The smallest absolute Gasteiger partial charge is 0.226 e. The van der Waals surface area contributed by atoms with Gasteiger partial charge in [0.15, 0.2) is 5.82 Å². The molecule has 132 valence electrons. The van der Waals surface area contributed by atoms with Crippen LogP contribution in [0.2, 0.25) is 0 Å². The van der Waals surface area contributed by atoms with Crippen LogP contribution < -0.4 is 4.90 Å². The maximum absolute atomic E-state index is 13.1. The Morgan fingerprint density at radius 1 is 1.04 bits per heavy atom. The highest BCUT2D eigenvalue weighted by Gasteiger charge is 2.29. The molecule has 1 aromatic heterocycles. The lowest BCUT2D eigenvalue weighted by Gasteiger charge is -2.37. The van der Waals surface area contributed by atoms with Crippen LogP contribution in [-0.4, -0.2) is 47.2 Å². The van der Waals surface area contributed by atoms with Crippen LogP contribution >= 0.6 is 0 Å². The zero-order chi connectivity index (χ0) is 17.6. The maximum Gasteiger partial charge on any atom is 0.226 e. The second-order valence-electron chi connectivity index (χ2n) is 6.93. The van der Waals surface area contributed by atoms with Crippen LogP contribution in [-0.2, 0) is 11.2 Å². The highest BCUT2D eigenvalue weighted by atomic mass is 16.2.